The molecule has 0 aromatic heterocycles. The lowest BCUT2D eigenvalue weighted by Gasteiger charge is -2.35. The minimum absolute atomic E-state index is 0.189. The van der Waals surface area contributed by atoms with Crippen LogP contribution in [0.1, 0.15) is 32.6 Å². The van der Waals surface area contributed by atoms with E-state index in [1.54, 1.807) is 7.11 Å². The van der Waals surface area contributed by atoms with Crippen molar-refractivity contribution in [1.82, 2.24) is 10.6 Å². The van der Waals surface area contributed by atoms with Crippen LogP contribution in [0.25, 0.3) is 0 Å². The summed E-state index contributed by atoms with van der Waals surface area (Å²) in [5, 5.41) is 6.44. The number of piperidine rings is 1. The molecular weight excluding hydrogens is 216 g/mol. The molecule has 0 unspecified atom stereocenters. The van der Waals surface area contributed by atoms with Crippen LogP contribution in [-0.4, -0.2) is 39.3 Å². The number of carbonyl (C=O) groups excluding carboxylic acids is 1. The van der Waals surface area contributed by atoms with Gasteiger partial charge in [-0.2, -0.15) is 0 Å². The van der Waals surface area contributed by atoms with Gasteiger partial charge < -0.3 is 15.4 Å². The Labute approximate surface area is 103 Å². The monoisotopic (exact) mass is 240 g/mol. The van der Waals surface area contributed by atoms with E-state index in [4.69, 9.17) is 4.74 Å². The molecule has 98 valence electrons. The summed E-state index contributed by atoms with van der Waals surface area (Å²) in [6.07, 6.45) is 4.24. The number of hydrogen-bond acceptors (Lipinski definition) is 3. The Balaban J connectivity index is 1.91. The van der Waals surface area contributed by atoms with Crippen LogP contribution in [0.2, 0.25) is 0 Å². The van der Waals surface area contributed by atoms with Crippen molar-refractivity contribution in [3.63, 3.8) is 0 Å². The van der Waals surface area contributed by atoms with Crippen LogP contribution in [0.5, 0.6) is 0 Å². The van der Waals surface area contributed by atoms with E-state index in [2.05, 4.69) is 17.6 Å². The molecule has 2 fully saturated rings. The van der Waals surface area contributed by atoms with Crippen molar-refractivity contribution in [2.75, 3.05) is 33.4 Å². The molecule has 1 aliphatic heterocycles. The van der Waals surface area contributed by atoms with Gasteiger partial charge in [0.25, 0.3) is 0 Å². The minimum atomic E-state index is -0.300. The second-order valence-electron chi connectivity index (χ2n) is 5.96. The summed E-state index contributed by atoms with van der Waals surface area (Å²) in [5.41, 5.74) is 0.0715. The lowest BCUT2D eigenvalue weighted by atomic mass is 9.78. The lowest BCUT2D eigenvalue weighted by molar-refractivity contribution is -0.136. The van der Waals surface area contributed by atoms with Gasteiger partial charge in [0.2, 0.25) is 5.91 Å². The first-order valence-electron chi connectivity index (χ1n) is 6.58. The first kappa shape index (κ1) is 12.8. The summed E-state index contributed by atoms with van der Waals surface area (Å²) in [4.78, 5) is 12.4. The van der Waals surface area contributed by atoms with Crippen molar-refractivity contribution in [3.05, 3.63) is 0 Å². The van der Waals surface area contributed by atoms with Crippen LogP contribution in [0.15, 0.2) is 0 Å². The van der Waals surface area contributed by atoms with Crippen molar-refractivity contribution < 1.29 is 9.53 Å². The van der Waals surface area contributed by atoms with Crippen molar-refractivity contribution >= 4 is 5.91 Å². The first-order chi connectivity index (χ1) is 8.10. The molecule has 17 heavy (non-hydrogen) atoms. The predicted octanol–water partition coefficient (Wildman–Crippen LogP) is 0.919. The molecule has 0 radical (unpaired) electrons. The van der Waals surface area contributed by atoms with Crippen molar-refractivity contribution in [2.24, 2.45) is 10.8 Å². The van der Waals surface area contributed by atoms with Gasteiger partial charge in [0.05, 0.1) is 12.0 Å². The highest BCUT2D eigenvalue weighted by Crippen LogP contribution is 2.44. The van der Waals surface area contributed by atoms with E-state index < -0.39 is 0 Å². The van der Waals surface area contributed by atoms with Crippen molar-refractivity contribution in [3.8, 4) is 0 Å². The van der Waals surface area contributed by atoms with Gasteiger partial charge in [-0.15, -0.1) is 0 Å². The topological polar surface area (TPSA) is 50.4 Å². The van der Waals surface area contributed by atoms with Gasteiger partial charge in [0.1, 0.15) is 0 Å². The van der Waals surface area contributed by atoms with Gasteiger partial charge in [-0.3, -0.25) is 4.79 Å². The second kappa shape index (κ2) is 4.94. The van der Waals surface area contributed by atoms with Gasteiger partial charge in [0, 0.05) is 13.7 Å². The Morgan fingerprint density at radius 3 is 2.47 bits per heavy atom. The van der Waals surface area contributed by atoms with Crippen LogP contribution >= 0.6 is 0 Å². The van der Waals surface area contributed by atoms with E-state index in [9.17, 15) is 4.79 Å². The van der Waals surface area contributed by atoms with Crippen LogP contribution in [-0.2, 0) is 9.53 Å². The average Bonchev–Trinajstić information content (AvgIpc) is 3.06. The van der Waals surface area contributed by atoms with Crippen LogP contribution in [0.3, 0.4) is 0 Å². The second-order valence-corrected chi connectivity index (χ2v) is 5.96. The predicted molar refractivity (Wildman–Crippen MR) is 66.8 cm³/mol. The summed E-state index contributed by atoms with van der Waals surface area (Å²) < 4.78 is 5.26. The molecule has 1 heterocycles. The Morgan fingerprint density at radius 1 is 1.29 bits per heavy atom. The fourth-order valence-corrected chi connectivity index (χ4v) is 2.49. The summed E-state index contributed by atoms with van der Waals surface area (Å²) in [6, 6.07) is 0. The maximum absolute atomic E-state index is 12.4. The Hall–Kier alpha value is -0.610. The van der Waals surface area contributed by atoms with Gasteiger partial charge in [-0.1, -0.05) is 6.92 Å². The number of carbonyl (C=O) groups is 1. The van der Waals surface area contributed by atoms with E-state index in [1.165, 1.54) is 12.8 Å². The average molecular weight is 240 g/mol. The zero-order valence-corrected chi connectivity index (χ0v) is 11.0. The van der Waals surface area contributed by atoms with Crippen LogP contribution in [0, 0.1) is 10.8 Å². The number of rotatable bonds is 5. The summed E-state index contributed by atoms with van der Waals surface area (Å²) >= 11 is 0. The third-order valence-corrected chi connectivity index (χ3v) is 4.24. The highest BCUT2D eigenvalue weighted by molar-refractivity contribution is 5.83. The third kappa shape index (κ3) is 2.99. The highest BCUT2D eigenvalue weighted by atomic mass is 16.5. The molecule has 2 aliphatic rings. The van der Waals surface area contributed by atoms with E-state index >= 15 is 0 Å². The molecule has 2 rings (SSSR count). The van der Waals surface area contributed by atoms with Gasteiger partial charge in [0.15, 0.2) is 0 Å². The van der Waals surface area contributed by atoms with Crippen molar-refractivity contribution in [2.45, 2.75) is 32.6 Å². The molecule has 0 atom stereocenters. The number of amides is 1. The number of nitrogens with one attached hydrogen (secondary N) is 2. The third-order valence-electron chi connectivity index (χ3n) is 4.24. The highest BCUT2D eigenvalue weighted by Gasteiger charge is 2.42. The molecule has 1 saturated carbocycles. The molecule has 2 N–H and O–H groups in total. The number of methoxy groups -OCH3 is 1. The molecule has 4 nitrogen and oxygen atoms in total. The first-order valence-corrected chi connectivity index (χ1v) is 6.58. The Morgan fingerprint density at radius 2 is 1.94 bits per heavy atom. The van der Waals surface area contributed by atoms with E-state index in [0.717, 1.165) is 32.5 Å². The molecule has 0 bridgehead atoms. The van der Waals surface area contributed by atoms with Gasteiger partial charge in [-0.05, 0) is 44.2 Å². The maximum atomic E-state index is 12.4. The summed E-state index contributed by atoms with van der Waals surface area (Å²) in [7, 11) is 1.68. The van der Waals surface area contributed by atoms with E-state index in [-0.39, 0.29) is 11.3 Å². The van der Waals surface area contributed by atoms with Crippen LogP contribution in [0.4, 0.5) is 0 Å². The maximum Gasteiger partial charge on any atom is 0.228 e. The molecular formula is C13H24N2O2. The zero-order valence-electron chi connectivity index (χ0n) is 11.0. The SMILES string of the molecule is COCC1(C(=O)NCC2(C)CC2)CCNCC1. The minimum Gasteiger partial charge on any atom is -0.384 e. The summed E-state index contributed by atoms with van der Waals surface area (Å²) in [5.74, 6) is 0.189. The van der Waals surface area contributed by atoms with Crippen molar-refractivity contribution in [1.29, 1.82) is 0 Å². The van der Waals surface area contributed by atoms with Gasteiger partial charge >= 0.3 is 0 Å². The fraction of sp³-hybridized carbons (Fsp3) is 0.923. The quantitative estimate of drug-likeness (QED) is 0.751. The van der Waals surface area contributed by atoms with E-state index in [1.807, 2.05) is 0 Å². The Bertz CT molecular complexity index is 276. The number of hydrogen-bond donors (Lipinski definition) is 2. The zero-order chi connectivity index (χ0) is 12.4. The molecule has 1 saturated heterocycles. The molecule has 0 aromatic rings. The van der Waals surface area contributed by atoms with Gasteiger partial charge in [-0.25, -0.2) is 0 Å². The fourth-order valence-electron chi connectivity index (χ4n) is 2.49. The largest absolute Gasteiger partial charge is 0.384 e. The van der Waals surface area contributed by atoms with E-state index in [0.29, 0.717) is 12.0 Å². The standard InChI is InChI=1S/C13H24N2O2/c1-12(3-4-12)9-15-11(16)13(10-17-2)5-7-14-8-6-13/h14H,3-10H2,1-2H3,(H,15,16). The van der Waals surface area contributed by atoms with Crippen LogP contribution < -0.4 is 10.6 Å². The summed E-state index contributed by atoms with van der Waals surface area (Å²) in [6.45, 7) is 5.42. The molecule has 0 spiro atoms. The number of ether oxygens (including phenoxy) is 1. The normalized spacial score (nSPS) is 25.3. The lowest BCUT2D eigenvalue weighted by Crippen LogP contribution is -2.50. The smallest absolute Gasteiger partial charge is 0.228 e. The molecule has 4 heteroatoms. The molecule has 1 amide bonds. The molecule has 1 aliphatic carbocycles. The molecule has 0 aromatic carbocycles. The Kier molecular flexibility index (Phi) is 3.73.